The summed E-state index contributed by atoms with van der Waals surface area (Å²) >= 11 is 0. The van der Waals surface area contributed by atoms with Gasteiger partial charge in [-0.05, 0) is 31.0 Å². The molecule has 2 N–H and O–H groups in total. The Morgan fingerprint density at radius 1 is 1.53 bits per heavy atom. The average Bonchev–Trinajstić information content (AvgIpc) is 2.59. The predicted octanol–water partition coefficient (Wildman–Crippen LogP) is 2.13. The summed E-state index contributed by atoms with van der Waals surface area (Å²) in [5.74, 6) is -0.896. The summed E-state index contributed by atoms with van der Waals surface area (Å²) in [6.07, 6.45) is 0.780. The summed E-state index contributed by atoms with van der Waals surface area (Å²) in [5.41, 5.74) is 3.07. The molecule has 4 heteroatoms. The molecule has 0 amide bonds. The van der Waals surface area contributed by atoms with E-state index in [1.807, 2.05) is 13.8 Å². The van der Waals surface area contributed by atoms with Gasteiger partial charge in [0.2, 0.25) is 0 Å². The summed E-state index contributed by atoms with van der Waals surface area (Å²) in [4.78, 5) is 10.9. The highest BCUT2D eigenvalue weighted by Crippen LogP contribution is 2.22. The number of aromatic carboxylic acids is 1. The Labute approximate surface area is 86.9 Å². The molecule has 0 unspecified atom stereocenters. The fourth-order valence-corrected chi connectivity index (χ4v) is 1.71. The molecule has 0 fully saturated rings. The number of carboxylic acid groups (broad SMARTS) is 1. The maximum absolute atomic E-state index is 10.9. The standard InChI is InChI=1S/C11H12N2O2/c1-3-7-4-8(11(14)15)5-9-6(2)12-13-10(7)9/h4-5H,3H2,1-2H3,(H,12,13)(H,14,15). The third kappa shape index (κ3) is 1.48. The van der Waals surface area contributed by atoms with E-state index >= 15 is 0 Å². The Morgan fingerprint density at radius 2 is 2.27 bits per heavy atom. The zero-order valence-electron chi connectivity index (χ0n) is 8.66. The van der Waals surface area contributed by atoms with Gasteiger partial charge in [-0.2, -0.15) is 5.10 Å². The lowest BCUT2D eigenvalue weighted by molar-refractivity contribution is 0.0697. The SMILES string of the molecule is CCc1cc(C(=O)O)cc2c(C)[nH]nc12. The van der Waals surface area contributed by atoms with Gasteiger partial charge in [-0.25, -0.2) is 4.79 Å². The average molecular weight is 204 g/mol. The second-order valence-corrected chi connectivity index (χ2v) is 3.54. The monoisotopic (exact) mass is 204 g/mol. The number of nitrogens with zero attached hydrogens (tertiary/aromatic N) is 1. The van der Waals surface area contributed by atoms with Gasteiger partial charge in [0.15, 0.2) is 0 Å². The van der Waals surface area contributed by atoms with E-state index in [1.165, 1.54) is 0 Å². The van der Waals surface area contributed by atoms with E-state index in [0.717, 1.165) is 28.6 Å². The smallest absolute Gasteiger partial charge is 0.335 e. The van der Waals surface area contributed by atoms with Crippen LogP contribution in [0, 0.1) is 6.92 Å². The molecule has 0 bridgehead atoms. The van der Waals surface area contributed by atoms with Gasteiger partial charge in [-0.3, -0.25) is 5.10 Å². The largest absolute Gasteiger partial charge is 0.478 e. The first-order valence-corrected chi connectivity index (χ1v) is 4.84. The molecule has 0 aliphatic rings. The number of nitrogens with one attached hydrogen (secondary N) is 1. The minimum Gasteiger partial charge on any atom is -0.478 e. The molecule has 0 saturated heterocycles. The number of fused-ring (bicyclic) bond motifs is 1. The lowest BCUT2D eigenvalue weighted by Gasteiger charge is -2.01. The van der Waals surface area contributed by atoms with Gasteiger partial charge < -0.3 is 5.11 Å². The number of H-pyrrole nitrogens is 1. The molecule has 15 heavy (non-hydrogen) atoms. The number of hydrogen-bond acceptors (Lipinski definition) is 2. The number of rotatable bonds is 2. The van der Waals surface area contributed by atoms with Crippen LogP contribution in [0.2, 0.25) is 0 Å². The molecular formula is C11H12N2O2. The van der Waals surface area contributed by atoms with Crippen LogP contribution >= 0.6 is 0 Å². The Bertz CT molecular complexity index is 529. The molecule has 78 valence electrons. The van der Waals surface area contributed by atoms with Crippen molar-refractivity contribution in [2.45, 2.75) is 20.3 Å². The molecule has 2 rings (SSSR count). The molecular weight excluding hydrogens is 192 g/mol. The highest BCUT2D eigenvalue weighted by molar-refractivity contribution is 5.95. The van der Waals surface area contributed by atoms with Gasteiger partial charge in [0.1, 0.15) is 0 Å². The van der Waals surface area contributed by atoms with Gasteiger partial charge in [-0.15, -0.1) is 0 Å². The fourth-order valence-electron chi connectivity index (χ4n) is 1.71. The highest BCUT2D eigenvalue weighted by Gasteiger charge is 2.11. The maximum Gasteiger partial charge on any atom is 0.335 e. The Morgan fingerprint density at radius 3 is 2.87 bits per heavy atom. The first kappa shape index (κ1) is 9.71. The minimum absolute atomic E-state index is 0.323. The van der Waals surface area contributed by atoms with Gasteiger partial charge in [-0.1, -0.05) is 6.92 Å². The van der Waals surface area contributed by atoms with Crippen LogP contribution in [0.25, 0.3) is 10.9 Å². The number of aryl methyl sites for hydroxylation is 2. The molecule has 0 aliphatic heterocycles. The molecule has 1 heterocycles. The Kier molecular flexibility index (Phi) is 2.19. The normalized spacial score (nSPS) is 10.8. The van der Waals surface area contributed by atoms with E-state index < -0.39 is 5.97 Å². The van der Waals surface area contributed by atoms with Crippen LogP contribution in [0.1, 0.15) is 28.5 Å². The van der Waals surface area contributed by atoms with E-state index in [0.29, 0.717) is 5.56 Å². The van der Waals surface area contributed by atoms with Crippen LogP contribution in [0.15, 0.2) is 12.1 Å². The van der Waals surface area contributed by atoms with Crippen molar-refractivity contribution in [3.63, 3.8) is 0 Å². The summed E-state index contributed by atoms with van der Waals surface area (Å²) in [5, 5.41) is 16.9. The van der Waals surface area contributed by atoms with Gasteiger partial charge >= 0.3 is 5.97 Å². The summed E-state index contributed by atoms with van der Waals surface area (Å²) in [6.45, 7) is 3.88. The summed E-state index contributed by atoms with van der Waals surface area (Å²) < 4.78 is 0. The highest BCUT2D eigenvalue weighted by atomic mass is 16.4. The zero-order valence-corrected chi connectivity index (χ0v) is 8.66. The van der Waals surface area contributed by atoms with Crippen LogP contribution in [0.3, 0.4) is 0 Å². The van der Waals surface area contributed by atoms with Crippen molar-refractivity contribution in [3.05, 3.63) is 29.0 Å². The number of aromatic amines is 1. The van der Waals surface area contributed by atoms with Crippen LogP contribution in [0.4, 0.5) is 0 Å². The van der Waals surface area contributed by atoms with E-state index in [4.69, 9.17) is 5.11 Å². The Hall–Kier alpha value is -1.84. The molecule has 0 radical (unpaired) electrons. The molecule has 0 saturated carbocycles. The van der Waals surface area contributed by atoms with Crippen molar-refractivity contribution >= 4 is 16.9 Å². The molecule has 2 aromatic rings. The third-order valence-electron chi connectivity index (χ3n) is 2.56. The molecule has 1 aromatic heterocycles. The maximum atomic E-state index is 10.9. The van der Waals surface area contributed by atoms with Gasteiger partial charge in [0, 0.05) is 11.1 Å². The predicted molar refractivity (Wildman–Crippen MR) is 57.2 cm³/mol. The molecule has 0 atom stereocenters. The van der Waals surface area contributed by atoms with Crippen molar-refractivity contribution < 1.29 is 9.90 Å². The third-order valence-corrected chi connectivity index (χ3v) is 2.56. The Balaban J connectivity index is 2.79. The van der Waals surface area contributed by atoms with E-state index in [1.54, 1.807) is 12.1 Å². The molecule has 0 aliphatic carbocycles. The fraction of sp³-hybridized carbons (Fsp3) is 0.273. The summed E-state index contributed by atoms with van der Waals surface area (Å²) in [6, 6.07) is 3.35. The van der Waals surface area contributed by atoms with Crippen LogP contribution in [-0.4, -0.2) is 21.3 Å². The van der Waals surface area contributed by atoms with Crippen LogP contribution in [0.5, 0.6) is 0 Å². The number of hydrogen-bond donors (Lipinski definition) is 2. The number of carboxylic acids is 1. The number of carbonyl (C=O) groups is 1. The van der Waals surface area contributed by atoms with Gasteiger partial charge in [0.25, 0.3) is 0 Å². The van der Waals surface area contributed by atoms with Crippen LogP contribution in [-0.2, 0) is 6.42 Å². The quantitative estimate of drug-likeness (QED) is 0.787. The van der Waals surface area contributed by atoms with Crippen molar-refractivity contribution in [2.75, 3.05) is 0 Å². The molecule has 0 spiro atoms. The number of aromatic nitrogens is 2. The van der Waals surface area contributed by atoms with E-state index in [2.05, 4.69) is 10.2 Å². The first-order chi connectivity index (χ1) is 7.13. The van der Waals surface area contributed by atoms with Crippen molar-refractivity contribution in [3.8, 4) is 0 Å². The van der Waals surface area contributed by atoms with Crippen molar-refractivity contribution in [2.24, 2.45) is 0 Å². The van der Waals surface area contributed by atoms with Crippen molar-refractivity contribution in [1.29, 1.82) is 0 Å². The molecule has 1 aromatic carbocycles. The van der Waals surface area contributed by atoms with Gasteiger partial charge in [0.05, 0.1) is 11.1 Å². The van der Waals surface area contributed by atoms with E-state index in [-0.39, 0.29) is 0 Å². The number of benzene rings is 1. The van der Waals surface area contributed by atoms with Crippen molar-refractivity contribution in [1.82, 2.24) is 10.2 Å². The lowest BCUT2D eigenvalue weighted by Crippen LogP contribution is -1.98. The van der Waals surface area contributed by atoms with E-state index in [9.17, 15) is 4.79 Å². The second-order valence-electron chi connectivity index (χ2n) is 3.54. The minimum atomic E-state index is -0.896. The summed E-state index contributed by atoms with van der Waals surface area (Å²) in [7, 11) is 0. The topological polar surface area (TPSA) is 66.0 Å². The lowest BCUT2D eigenvalue weighted by atomic mass is 10.0. The zero-order chi connectivity index (χ0) is 11.0. The molecule has 4 nitrogen and oxygen atoms in total. The van der Waals surface area contributed by atoms with Crippen LogP contribution < -0.4 is 0 Å². The second kappa shape index (κ2) is 3.38. The first-order valence-electron chi connectivity index (χ1n) is 4.84.